The predicted octanol–water partition coefficient (Wildman–Crippen LogP) is 7.29. The van der Waals surface area contributed by atoms with Gasteiger partial charge in [-0.2, -0.15) is 36.9 Å². The molecule has 0 unspecified atom stereocenters. The predicted molar refractivity (Wildman–Crippen MR) is 230 cm³/mol. The Balaban J connectivity index is 0.000000206. The van der Waals surface area contributed by atoms with Crippen LogP contribution in [0.15, 0.2) is 83.1 Å². The second-order valence-corrected chi connectivity index (χ2v) is 22.0. The number of aromatic nitrogens is 2. The number of rotatable bonds is 12. The number of methoxy groups -OCH3 is 2. The van der Waals surface area contributed by atoms with Crippen molar-refractivity contribution in [3.8, 4) is 34.4 Å². The number of hydrogen-bond donors (Lipinski definition) is 2. The molecular formula is C46H42F8N6O8S2. The van der Waals surface area contributed by atoms with Crippen molar-refractivity contribution in [3.05, 3.63) is 96.1 Å². The Morgan fingerprint density at radius 2 is 0.957 bits per heavy atom. The number of nitrogens with zero attached hydrogens (tertiary/aromatic N) is 4. The number of halogens is 8. The number of ether oxygens (including phenoxy) is 2. The van der Waals surface area contributed by atoms with Gasteiger partial charge in [-0.05, 0) is 98.9 Å². The van der Waals surface area contributed by atoms with Crippen LogP contribution in [0.2, 0.25) is 0 Å². The second kappa shape index (κ2) is 19.3. The molecule has 0 aliphatic heterocycles. The number of nitriles is 2. The molecule has 2 aromatic carbocycles. The van der Waals surface area contributed by atoms with Crippen molar-refractivity contribution in [1.82, 2.24) is 20.6 Å². The van der Waals surface area contributed by atoms with Crippen LogP contribution in [-0.4, -0.2) is 86.6 Å². The number of pyridine rings is 2. The molecule has 2 N–H and O–H groups in total. The number of amides is 2. The molecule has 4 saturated carbocycles. The highest BCUT2D eigenvalue weighted by Gasteiger charge is 2.53. The molecule has 8 rings (SSSR count). The van der Waals surface area contributed by atoms with Crippen LogP contribution in [0.1, 0.15) is 62.5 Å². The Kier molecular flexibility index (Phi) is 14.2. The van der Waals surface area contributed by atoms with Crippen molar-refractivity contribution in [1.29, 1.82) is 10.5 Å². The molecular weight excluding hydrogens is 981 g/mol. The van der Waals surface area contributed by atoms with E-state index in [0.717, 1.165) is 48.8 Å². The maximum Gasteiger partial charge on any atom is 0.417 e. The lowest BCUT2D eigenvalue weighted by Gasteiger charge is -2.19. The number of carbonyl (C=O) groups excluding carboxylic acids is 2. The van der Waals surface area contributed by atoms with Crippen molar-refractivity contribution in [3.63, 3.8) is 0 Å². The van der Waals surface area contributed by atoms with Crippen LogP contribution in [-0.2, 0) is 51.1 Å². The summed E-state index contributed by atoms with van der Waals surface area (Å²) in [6.07, 6.45) is -6.52. The summed E-state index contributed by atoms with van der Waals surface area (Å²) in [5.41, 5.74) is -4.70. The first kappa shape index (κ1) is 51.8. The van der Waals surface area contributed by atoms with E-state index in [4.69, 9.17) is 9.47 Å². The summed E-state index contributed by atoms with van der Waals surface area (Å²) in [4.78, 5) is 30.9. The number of benzene rings is 2. The van der Waals surface area contributed by atoms with Crippen LogP contribution in [0.5, 0.6) is 0 Å². The lowest BCUT2D eigenvalue weighted by molar-refractivity contribution is -0.140. The van der Waals surface area contributed by atoms with Crippen LogP contribution < -0.4 is 10.6 Å². The number of sulfone groups is 2. The fraction of sp³-hybridized carbons (Fsp3) is 0.435. The van der Waals surface area contributed by atoms with E-state index in [2.05, 4.69) is 20.6 Å². The number of hydrogen-bond acceptors (Lipinski definition) is 12. The average Bonchev–Trinajstić information content (AvgIpc) is 4.16. The monoisotopic (exact) mass is 1020 g/mol. The maximum atomic E-state index is 13.9. The number of carbonyl (C=O) groups is 2. The Bertz CT molecular complexity index is 2810. The van der Waals surface area contributed by atoms with Crippen molar-refractivity contribution >= 4 is 31.5 Å². The van der Waals surface area contributed by atoms with Gasteiger partial charge in [0.15, 0.2) is 19.7 Å². The minimum atomic E-state index is -5.01. The molecule has 2 amide bonds. The zero-order valence-corrected chi connectivity index (χ0v) is 38.6. The summed E-state index contributed by atoms with van der Waals surface area (Å²) < 4.78 is 175. The molecule has 6 atom stereocenters. The van der Waals surface area contributed by atoms with Gasteiger partial charge < -0.3 is 20.1 Å². The number of alkyl halides is 6. The first-order valence-corrected chi connectivity index (χ1v) is 24.5. The molecule has 2 aromatic heterocycles. The van der Waals surface area contributed by atoms with Gasteiger partial charge in [0, 0.05) is 37.7 Å². The van der Waals surface area contributed by atoms with Gasteiger partial charge in [0.1, 0.15) is 22.7 Å². The molecule has 24 heteroatoms. The van der Waals surface area contributed by atoms with E-state index in [-0.39, 0.29) is 47.9 Å². The average molecular weight is 1020 g/mol. The van der Waals surface area contributed by atoms with Gasteiger partial charge in [-0.25, -0.2) is 25.6 Å². The highest BCUT2D eigenvalue weighted by atomic mass is 32.2. The molecule has 4 aliphatic rings. The Hall–Kier alpha value is -6.08. The highest BCUT2D eigenvalue weighted by molar-refractivity contribution is 7.92. The van der Waals surface area contributed by atoms with Gasteiger partial charge in [-0.1, -0.05) is 12.1 Å². The minimum absolute atomic E-state index is 0.0482. The van der Waals surface area contributed by atoms with Gasteiger partial charge in [0.2, 0.25) is 11.8 Å². The maximum absolute atomic E-state index is 13.9. The summed E-state index contributed by atoms with van der Waals surface area (Å²) in [5.74, 6) is -4.48. The zero-order chi connectivity index (χ0) is 51.2. The summed E-state index contributed by atoms with van der Waals surface area (Å²) in [7, 11) is -6.49. The van der Waals surface area contributed by atoms with E-state index in [0.29, 0.717) is 37.8 Å². The first-order chi connectivity index (χ1) is 32.8. The number of nitrogens with one attached hydrogen (secondary N) is 2. The molecule has 4 aromatic rings. The molecule has 4 aliphatic carbocycles. The van der Waals surface area contributed by atoms with Crippen LogP contribution in [0.25, 0.3) is 22.3 Å². The summed E-state index contributed by atoms with van der Waals surface area (Å²) in [6.45, 7) is 0. The van der Waals surface area contributed by atoms with E-state index in [1.807, 2.05) is 12.1 Å². The fourth-order valence-corrected chi connectivity index (χ4v) is 12.8. The largest absolute Gasteiger partial charge is 0.417 e. The molecule has 70 heavy (non-hydrogen) atoms. The minimum Gasteiger partial charge on any atom is -0.381 e. The molecule has 14 nitrogen and oxygen atoms in total. The van der Waals surface area contributed by atoms with Crippen molar-refractivity contribution in [2.45, 2.75) is 107 Å². The van der Waals surface area contributed by atoms with Gasteiger partial charge in [0.05, 0.1) is 80.0 Å². The molecule has 372 valence electrons. The van der Waals surface area contributed by atoms with E-state index >= 15 is 0 Å². The van der Waals surface area contributed by atoms with Crippen molar-refractivity contribution in [2.75, 3.05) is 14.2 Å². The van der Waals surface area contributed by atoms with Crippen LogP contribution >= 0.6 is 0 Å². The van der Waals surface area contributed by atoms with Gasteiger partial charge in [-0.15, -0.1) is 0 Å². The van der Waals surface area contributed by atoms with E-state index in [1.165, 1.54) is 26.6 Å². The van der Waals surface area contributed by atoms with Gasteiger partial charge in [0.25, 0.3) is 0 Å². The molecule has 0 spiro atoms. The third kappa shape index (κ3) is 10.8. The summed E-state index contributed by atoms with van der Waals surface area (Å²) >= 11 is 0. The normalized spacial score (nSPS) is 23.5. The van der Waals surface area contributed by atoms with Gasteiger partial charge in [-0.3, -0.25) is 19.6 Å². The lowest BCUT2D eigenvalue weighted by Crippen LogP contribution is -2.42. The van der Waals surface area contributed by atoms with Crippen LogP contribution in [0.3, 0.4) is 0 Å². The Morgan fingerprint density at radius 3 is 1.24 bits per heavy atom. The Labute approximate surface area is 396 Å². The molecule has 4 fully saturated rings. The SMILES string of the molecule is CO[C@@H]1C[C@H](S(=O)(=O)c2ccc(-c3cncc(F)c3)cc2C(F)(F)F)C[C@H]1C(=O)NC1(C#N)CC1.CO[C@H]1C[C@@H](S(=O)(=O)c2ccc(-c3cncc(F)c3)cc2C(F)(F)F)C[C@@H]1C(=O)NC1(C#N)CC1. The standard InChI is InChI=1S/2C23H21F4N3O4S/c2*1-34-19-9-16(8-17(19)21(31)30-22(12-28)4-5-22)35(32,33)20-3-2-13(7-18(20)23(25,26)27)14-6-15(24)11-29-10-14/h2*2-3,6-7,10-11,16-17,19H,4-5,8-9H2,1H3,(H,30,31)/t2*16-,17-,19-/m10/s1. The third-order valence-electron chi connectivity index (χ3n) is 13.0. The summed E-state index contributed by atoms with van der Waals surface area (Å²) in [5, 5.41) is 21.0. The topological polar surface area (TPSA) is 218 Å². The van der Waals surface area contributed by atoms with Crippen molar-refractivity contribution in [2.24, 2.45) is 11.8 Å². The van der Waals surface area contributed by atoms with Crippen molar-refractivity contribution < 1.29 is 71.0 Å². The molecule has 0 bridgehead atoms. The third-order valence-corrected chi connectivity index (χ3v) is 17.5. The van der Waals surface area contributed by atoms with E-state index in [9.17, 15) is 72.1 Å². The zero-order valence-electron chi connectivity index (χ0n) is 36.9. The van der Waals surface area contributed by atoms with Gasteiger partial charge >= 0.3 is 12.4 Å². The van der Waals surface area contributed by atoms with Crippen LogP contribution in [0.4, 0.5) is 35.1 Å². The van der Waals surface area contributed by atoms with E-state index < -0.39 is 122 Å². The Morgan fingerprint density at radius 1 is 0.600 bits per heavy atom. The molecule has 2 heterocycles. The molecule has 0 saturated heterocycles. The van der Waals surface area contributed by atoms with Crippen LogP contribution in [0, 0.1) is 46.1 Å². The fourth-order valence-electron chi connectivity index (χ4n) is 8.78. The summed E-state index contributed by atoms with van der Waals surface area (Å²) in [6, 6.07) is 11.3. The highest BCUT2D eigenvalue weighted by Crippen LogP contribution is 2.45. The first-order valence-electron chi connectivity index (χ1n) is 21.4. The molecule has 0 radical (unpaired) electrons. The van der Waals surface area contributed by atoms with E-state index in [1.54, 1.807) is 0 Å². The smallest absolute Gasteiger partial charge is 0.381 e. The lowest BCUT2D eigenvalue weighted by atomic mass is 10.0. The second-order valence-electron chi connectivity index (χ2n) is 17.6. The quantitative estimate of drug-likeness (QED) is 0.134.